The van der Waals surface area contributed by atoms with Crippen molar-refractivity contribution in [3.63, 3.8) is 0 Å². The number of hydrogen-bond acceptors (Lipinski definition) is 4. The molecule has 2 heterocycles. The average molecular weight is 296 g/mol. The second-order valence-corrected chi connectivity index (χ2v) is 7.15. The Morgan fingerprint density at radius 1 is 1.29 bits per heavy atom. The van der Waals surface area contributed by atoms with Gasteiger partial charge < -0.3 is 18.9 Å². The summed E-state index contributed by atoms with van der Waals surface area (Å²) in [6.07, 6.45) is 5.73. The van der Waals surface area contributed by atoms with Gasteiger partial charge >= 0.3 is 0 Å². The molecule has 21 heavy (non-hydrogen) atoms. The van der Waals surface area contributed by atoms with Crippen molar-refractivity contribution in [3.8, 4) is 0 Å². The van der Waals surface area contributed by atoms with Crippen LogP contribution in [0, 0.1) is 5.92 Å². The average Bonchev–Trinajstić information content (AvgIpc) is 3.35. The van der Waals surface area contributed by atoms with Crippen LogP contribution < -0.4 is 0 Å². The zero-order valence-electron chi connectivity index (χ0n) is 13.8. The Balaban J connectivity index is 1.79. The predicted octanol–water partition coefficient (Wildman–Crippen LogP) is 2.71. The van der Waals surface area contributed by atoms with Crippen molar-refractivity contribution in [2.45, 2.75) is 69.5 Å². The van der Waals surface area contributed by atoms with E-state index in [1.54, 1.807) is 14.2 Å². The third-order valence-electron chi connectivity index (χ3n) is 5.54. The van der Waals surface area contributed by atoms with E-state index in [0.29, 0.717) is 0 Å². The minimum Gasteiger partial charge on any atom is -0.379 e. The molecular formula is C17H28O4. The van der Waals surface area contributed by atoms with E-state index in [4.69, 9.17) is 18.9 Å². The zero-order valence-corrected chi connectivity index (χ0v) is 13.8. The van der Waals surface area contributed by atoms with Crippen LogP contribution in [0.1, 0.15) is 40.0 Å². The molecular weight excluding hydrogens is 268 g/mol. The van der Waals surface area contributed by atoms with Gasteiger partial charge in [0.25, 0.3) is 0 Å². The smallest absolute Gasteiger partial charge is 0.101 e. The highest BCUT2D eigenvalue weighted by Crippen LogP contribution is 2.59. The SMILES string of the molecule is COC1CC[C@]2(CO2)C(C2(C)O[C@@H]2CC=C(C)C)C1OC. The Morgan fingerprint density at radius 3 is 2.52 bits per heavy atom. The van der Waals surface area contributed by atoms with Gasteiger partial charge in [-0.1, -0.05) is 11.6 Å². The first kappa shape index (κ1) is 15.5. The molecule has 0 N–H and O–H groups in total. The van der Waals surface area contributed by atoms with Gasteiger partial charge in [0.15, 0.2) is 0 Å². The van der Waals surface area contributed by atoms with Gasteiger partial charge in [-0.15, -0.1) is 0 Å². The molecule has 0 aromatic heterocycles. The second-order valence-electron chi connectivity index (χ2n) is 7.15. The number of methoxy groups -OCH3 is 2. The molecule has 0 aromatic rings. The predicted molar refractivity (Wildman–Crippen MR) is 80.3 cm³/mol. The summed E-state index contributed by atoms with van der Waals surface area (Å²) in [4.78, 5) is 0. The van der Waals surface area contributed by atoms with Crippen LogP contribution >= 0.6 is 0 Å². The molecule has 6 atom stereocenters. The molecule has 2 saturated heterocycles. The summed E-state index contributed by atoms with van der Waals surface area (Å²) in [5, 5.41) is 0. The fraction of sp³-hybridized carbons (Fsp3) is 0.882. The van der Waals surface area contributed by atoms with Crippen molar-refractivity contribution >= 4 is 0 Å². The van der Waals surface area contributed by atoms with E-state index in [-0.39, 0.29) is 35.4 Å². The molecule has 0 bridgehead atoms. The summed E-state index contributed by atoms with van der Waals surface area (Å²) in [6, 6.07) is 0. The molecule has 4 unspecified atom stereocenters. The van der Waals surface area contributed by atoms with E-state index in [2.05, 4.69) is 26.8 Å². The Hall–Kier alpha value is -0.420. The molecule has 120 valence electrons. The summed E-state index contributed by atoms with van der Waals surface area (Å²) >= 11 is 0. The lowest BCUT2D eigenvalue weighted by molar-refractivity contribution is -0.128. The number of hydrogen-bond donors (Lipinski definition) is 0. The molecule has 4 heteroatoms. The maximum atomic E-state index is 6.13. The highest BCUT2D eigenvalue weighted by atomic mass is 16.6. The van der Waals surface area contributed by atoms with Crippen molar-refractivity contribution in [1.82, 2.24) is 0 Å². The summed E-state index contributed by atoms with van der Waals surface area (Å²) < 4.78 is 23.5. The molecule has 1 spiro atoms. The molecule has 0 amide bonds. The van der Waals surface area contributed by atoms with Crippen molar-refractivity contribution in [3.05, 3.63) is 11.6 Å². The van der Waals surface area contributed by atoms with Gasteiger partial charge in [0.05, 0.1) is 36.4 Å². The largest absolute Gasteiger partial charge is 0.379 e. The molecule has 1 aliphatic carbocycles. The molecule has 3 aliphatic rings. The standard InChI is InChI=1S/C17H28O4/c1-11(2)6-7-13-16(3,21-13)15-14(19-5)12(18-4)8-9-17(15)10-20-17/h6,12-15H,7-10H2,1-5H3/t12?,13-,14?,15?,16?,17+/m1/s1. The number of epoxide rings is 2. The van der Waals surface area contributed by atoms with E-state index < -0.39 is 0 Å². The third-order valence-corrected chi connectivity index (χ3v) is 5.54. The van der Waals surface area contributed by atoms with Crippen LogP contribution in [0.3, 0.4) is 0 Å². The molecule has 1 saturated carbocycles. The van der Waals surface area contributed by atoms with Crippen LogP contribution in [0.25, 0.3) is 0 Å². The lowest BCUT2D eigenvalue weighted by atomic mass is 9.68. The van der Waals surface area contributed by atoms with Gasteiger partial charge in [-0.05, 0) is 40.0 Å². The van der Waals surface area contributed by atoms with E-state index in [0.717, 1.165) is 25.9 Å². The molecule has 0 radical (unpaired) electrons. The topological polar surface area (TPSA) is 43.5 Å². The van der Waals surface area contributed by atoms with Gasteiger partial charge in [0, 0.05) is 14.2 Å². The number of allylic oxidation sites excluding steroid dienone is 1. The number of ether oxygens (including phenoxy) is 4. The quantitative estimate of drug-likeness (QED) is 0.578. The normalized spacial score (nSPS) is 48.2. The van der Waals surface area contributed by atoms with Gasteiger partial charge in [-0.3, -0.25) is 0 Å². The van der Waals surface area contributed by atoms with Crippen LogP contribution in [0.2, 0.25) is 0 Å². The van der Waals surface area contributed by atoms with Gasteiger partial charge in [0.1, 0.15) is 5.60 Å². The summed E-state index contributed by atoms with van der Waals surface area (Å²) in [5.41, 5.74) is 1.15. The monoisotopic (exact) mass is 296 g/mol. The van der Waals surface area contributed by atoms with E-state index >= 15 is 0 Å². The second kappa shape index (κ2) is 5.34. The first-order chi connectivity index (χ1) is 9.97. The van der Waals surface area contributed by atoms with Crippen molar-refractivity contribution in [2.75, 3.05) is 20.8 Å². The minimum absolute atomic E-state index is 0.0375. The van der Waals surface area contributed by atoms with Crippen LogP contribution in [0.4, 0.5) is 0 Å². The maximum absolute atomic E-state index is 6.13. The molecule has 4 nitrogen and oxygen atoms in total. The van der Waals surface area contributed by atoms with Crippen LogP contribution in [-0.4, -0.2) is 50.3 Å². The van der Waals surface area contributed by atoms with Crippen LogP contribution in [-0.2, 0) is 18.9 Å². The van der Waals surface area contributed by atoms with Gasteiger partial charge in [0.2, 0.25) is 0 Å². The zero-order chi connectivity index (χ0) is 15.3. The molecule has 0 aromatic carbocycles. The fourth-order valence-corrected chi connectivity index (χ4v) is 4.20. The third kappa shape index (κ3) is 2.56. The Kier molecular flexibility index (Phi) is 3.93. The number of rotatable bonds is 5. The van der Waals surface area contributed by atoms with Crippen LogP contribution in [0.5, 0.6) is 0 Å². The summed E-state index contributed by atoms with van der Waals surface area (Å²) in [6.45, 7) is 7.31. The van der Waals surface area contributed by atoms with Crippen molar-refractivity contribution < 1.29 is 18.9 Å². The molecule has 2 aliphatic heterocycles. The highest BCUT2D eigenvalue weighted by molar-refractivity contribution is 5.20. The minimum atomic E-state index is -0.152. The van der Waals surface area contributed by atoms with Gasteiger partial charge in [-0.2, -0.15) is 0 Å². The Labute approximate surface area is 127 Å². The van der Waals surface area contributed by atoms with Crippen LogP contribution in [0.15, 0.2) is 11.6 Å². The Morgan fingerprint density at radius 2 is 2.00 bits per heavy atom. The first-order valence-corrected chi connectivity index (χ1v) is 7.97. The van der Waals surface area contributed by atoms with Crippen molar-refractivity contribution in [1.29, 1.82) is 0 Å². The molecule has 3 fully saturated rings. The molecule has 3 rings (SSSR count). The summed E-state index contributed by atoms with van der Waals surface area (Å²) in [7, 11) is 3.55. The fourth-order valence-electron chi connectivity index (χ4n) is 4.20. The van der Waals surface area contributed by atoms with E-state index in [1.165, 1.54) is 5.57 Å². The summed E-state index contributed by atoms with van der Waals surface area (Å²) in [5.74, 6) is 0.254. The van der Waals surface area contributed by atoms with Gasteiger partial charge in [-0.25, -0.2) is 0 Å². The maximum Gasteiger partial charge on any atom is 0.101 e. The van der Waals surface area contributed by atoms with E-state index in [1.807, 2.05) is 0 Å². The highest BCUT2D eigenvalue weighted by Gasteiger charge is 2.71. The lowest BCUT2D eigenvalue weighted by Crippen LogP contribution is -2.55. The van der Waals surface area contributed by atoms with Crippen molar-refractivity contribution in [2.24, 2.45) is 5.92 Å². The Bertz CT molecular complexity index is 425. The first-order valence-electron chi connectivity index (χ1n) is 7.97. The lowest BCUT2D eigenvalue weighted by Gasteiger charge is -2.42. The van der Waals surface area contributed by atoms with E-state index in [9.17, 15) is 0 Å².